The Morgan fingerprint density at radius 2 is 0.769 bits per heavy atom. The average molecular weight is 196 g/mol. The molecule has 0 radical (unpaired) electrons. The molecular weight excluding hydrogens is 175 g/mol. The number of hydrogen-bond acceptors (Lipinski definition) is 0. The molecule has 0 aromatic rings. The van der Waals surface area contributed by atoms with Gasteiger partial charge in [-0.2, -0.15) is 0 Å². The van der Waals surface area contributed by atoms with Crippen LogP contribution in [0.3, 0.4) is 0 Å². The first kappa shape index (κ1) is 12.4. The molecule has 13 heavy (non-hydrogen) atoms. The molecule has 0 fully saturated rings. The van der Waals surface area contributed by atoms with Crippen LogP contribution in [0.5, 0.6) is 0 Å². The summed E-state index contributed by atoms with van der Waals surface area (Å²) in [5.41, 5.74) is 0. The first-order valence-electron chi connectivity index (χ1n) is 4.80. The topological polar surface area (TPSA) is 0 Å². The quantitative estimate of drug-likeness (QED) is 0.563. The third kappa shape index (κ3) is 4.24. The molecule has 0 unspecified atom stereocenters. The van der Waals surface area contributed by atoms with Gasteiger partial charge >= 0.3 is 82.5 Å². The van der Waals surface area contributed by atoms with E-state index in [0.29, 0.717) is 0 Å². The number of allylic oxidation sites excluding steroid dienone is 4. The summed E-state index contributed by atoms with van der Waals surface area (Å²) in [5, 5.41) is 0. The van der Waals surface area contributed by atoms with Crippen molar-refractivity contribution in [3.63, 3.8) is 0 Å². The Hall–Kier alpha value is -0.610. The van der Waals surface area contributed by atoms with E-state index in [1.165, 1.54) is 0 Å². The second-order valence-electron chi connectivity index (χ2n) is 3.00. The maximum atomic E-state index is 2.33. The maximum absolute atomic E-state index is 2.33. The van der Waals surface area contributed by atoms with Gasteiger partial charge in [0.05, 0.1) is 0 Å². The molecule has 0 saturated carbocycles. The Balaban J connectivity index is 5.02. The van der Waals surface area contributed by atoms with E-state index >= 15 is 0 Å². The number of hydrogen-bond donors (Lipinski definition) is 0. The van der Waals surface area contributed by atoms with Gasteiger partial charge < -0.3 is 0 Å². The third-order valence-corrected chi connectivity index (χ3v) is 5.46. The van der Waals surface area contributed by atoms with Crippen LogP contribution in [0.1, 0.15) is 27.7 Å². The second-order valence-corrected chi connectivity index (χ2v) is 6.33. The summed E-state index contributed by atoms with van der Waals surface area (Å²) < 4.78 is 0. The fraction of sp³-hybridized carbons (Fsp3) is 0.333. The van der Waals surface area contributed by atoms with Crippen LogP contribution in [0.15, 0.2) is 47.6 Å². The molecule has 0 bridgehead atoms. The van der Waals surface area contributed by atoms with E-state index in [2.05, 4.69) is 75.3 Å². The van der Waals surface area contributed by atoms with Crippen LogP contribution in [-0.4, -0.2) is 0 Å². The van der Waals surface area contributed by atoms with E-state index in [0.717, 1.165) is 0 Å². The normalized spacial score (nSPS) is 15.7. The SMILES string of the molecule is CC=C[PH](C=CC)(C=CC)C=CC. The van der Waals surface area contributed by atoms with Crippen molar-refractivity contribution < 1.29 is 0 Å². The summed E-state index contributed by atoms with van der Waals surface area (Å²) in [4.78, 5) is 0. The van der Waals surface area contributed by atoms with Crippen molar-refractivity contribution >= 4 is 7.26 Å². The first-order valence-corrected chi connectivity index (χ1v) is 7.11. The monoisotopic (exact) mass is 196 g/mol. The van der Waals surface area contributed by atoms with Crippen molar-refractivity contribution in [3.8, 4) is 0 Å². The molecule has 0 amide bonds. The molecular formula is C12H21P. The van der Waals surface area contributed by atoms with Gasteiger partial charge in [-0.05, 0) is 0 Å². The fourth-order valence-electron chi connectivity index (χ4n) is 1.49. The predicted octanol–water partition coefficient (Wildman–Crippen LogP) is 4.87. The second kappa shape index (κ2) is 6.86. The van der Waals surface area contributed by atoms with E-state index in [9.17, 15) is 0 Å². The van der Waals surface area contributed by atoms with Crippen molar-refractivity contribution in [2.45, 2.75) is 27.7 Å². The van der Waals surface area contributed by atoms with Crippen molar-refractivity contribution in [1.29, 1.82) is 0 Å². The van der Waals surface area contributed by atoms with Crippen molar-refractivity contribution in [2.24, 2.45) is 0 Å². The van der Waals surface area contributed by atoms with Crippen LogP contribution in [0, 0.1) is 0 Å². The summed E-state index contributed by atoms with van der Waals surface area (Å²) in [5.74, 6) is 9.31. The van der Waals surface area contributed by atoms with Crippen LogP contribution in [-0.2, 0) is 0 Å². The van der Waals surface area contributed by atoms with E-state index in [1.807, 2.05) is 0 Å². The zero-order chi connectivity index (χ0) is 10.2. The molecule has 74 valence electrons. The Morgan fingerprint density at radius 3 is 0.923 bits per heavy atom. The van der Waals surface area contributed by atoms with Crippen LogP contribution in [0.4, 0.5) is 0 Å². The molecule has 0 saturated heterocycles. The first-order chi connectivity index (χ1) is 6.24. The van der Waals surface area contributed by atoms with Crippen LogP contribution < -0.4 is 0 Å². The molecule has 0 heterocycles. The number of rotatable bonds is 4. The summed E-state index contributed by atoms with van der Waals surface area (Å²) in [6.45, 7) is 8.33. The Labute approximate surface area is 83.1 Å². The molecule has 0 atom stereocenters. The molecule has 0 aromatic heterocycles. The zero-order valence-corrected chi connectivity index (χ0v) is 10.1. The third-order valence-electron chi connectivity index (χ3n) is 1.82. The van der Waals surface area contributed by atoms with Gasteiger partial charge in [0.25, 0.3) is 0 Å². The minimum absolute atomic E-state index is 1.52. The summed E-state index contributed by atoms with van der Waals surface area (Å²) >= 11 is 0. The minimum atomic E-state index is -1.52. The van der Waals surface area contributed by atoms with Crippen molar-refractivity contribution in [1.82, 2.24) is 0 Å². The van der Waals surface area contributed by atoms with Crippen LogP contribution >= 0.6 is 7.26 Å². The van der Waals surface area contributed by atoms with Gasteiger partial charge in [0.1, 0.15) is 0 Å². The fourth-order valence-corrected chi connectivity index (χ4v) is 4.46. The van der Waals surface area contributed by atoms with E-state index in [1.54, 1.807) is 0 Å². The molecule has 1 heteroatoms. The molecule has 0 aliphatic carbocycles. The van der Waals surface area contributed by atoms with Crippen molar-refractivity contribution in [2.75, 3.05) is 0 Å². The standard InChI is InChI=1S/C12H21P/c1-5-9-13(10-6-2,11-7-3)12-8-4/h5-13H,1-4H3. The zero-order valence-electron chi connectivity index (χ0n) is 9.12. The van der Waals surface area contributed by atoms with Crippen LogP contribution in [0.25, 0.3) is 0 Å². The molecule has 0 aliphatic heterocycles. The summed E-state index contributed by atoms with van der Waals surface area (Å²) in [6, 6.07) is 0. The summed E-state index contributed by atoms with van der Waals surface area (Å²) in [7, 11) is -1.52. The average Bonchev–Trinajstić information content (AvgIpc) is 2.06. The van der Waals surface area contributed by atoms with Gasteiger partial charge in [0.2, 0.25) is 0 Å². The molecule has 0 spiro atoms. The van der Waals surface area contributed by atoms with E-state index in [-0.39, 0.29) is 0 Å². The summed E-state index contributed by atoms with van der Waals surface area (Å²) in [6.07, 6.45) is 8.58. The Bertz CT molecular complexity index is 178. The van der Waals surface area contributed by atoms with E-state index < -0.39 is 7.26 Å². The van der Waals surface area contributed by atoms with Gasteiger partial charge in [-0.25, -0.2) is 0 Å². The van der Waals surface area contributed by atoms with Gasteiger partial charge in [0, 0.05) is 0 Å². The molecule has 0 rings (SSSR count). The Kier molecular flexibility index (Phi) is 6.54. The van der Waals surface area contributed by atoms with Gasteiger partial charge in [0.15, 0.2) is 0 Å². The van der Waals surface area contributed by atoms with Crippen LogP contribution in [0.2, 0.25) is 0 Å². The van der Waals surface area contributed by atoms with Gasteiger partial charge in [-0.3, -0.25) is 0 Å². The predicted molar refractivity (Wildman–Crippen MR) is 67.6 cm³/mol. The Morgan fingerprint density at radius 1 is 0.538 bits per heavy atom. The van der Waals surface area contributed by atoms with Gasteiger partial charge in [-0.1, -0.05) is 0 Å². The van der Waals surface area contributed by atoms with Crippen molar-refractivity contribution in [3.05, 3.63) is 47.6 Å². The van der Waals surface area contributed by atoms with Gasteiger partial charge in [-0.15, -0.1) is 0 Å². The molecule has 0 aromatic carbocycles. The van der Waals surface area contributed by atoms with E-state index in [4.69, 9.17) is 0 Å². The molecule has 0 aliphatic rings. The molecule has 0 N–H and O–H groups in total. The molecule has 0 nitrogen and oxygen atoms in total.